The zero-order chi connectivity index (χ0) is 9.68. The predicted octanol–water partition coefficient (Wildman–Crippen LogP) is 2.21. The monoisotopic (exact) mass is 175 g/mol. The van der Waals surface area contributed by atoms with Crippen LogP contribution in [0.1, 0.15) is 12.5 Å². The first-order valence-electron chi connectivity index (χ1n) is 4.00. The van der Waals surface area contributed by atoms with E-state index in [-0.39, 0.29) is 0 Å². The number of hydrogen-bond acceptors (Lipinski definition) is 2. The van der Waals surface area contributed by atoms with Crippen LogP contribution < -0.4 is 4.74 Å². The van der Waals surface area contributed by atoms with Crippen LogP contribution in [0, 0.1) is 0 Å². The van der Waals surface area contributed by atoms with Gasteiger partial charge in [0.1, 0.15) is 5.75 Å². The topological polar surface area (TPSA) is 26.3 Å². The average molecular weight is 175 g/mol. The molecule has 1 radical (unpaired) electrons. The molecule has 0 saturated carbocycles. The first-order chi connectivity index (χ1) is 6.31. The first kappa shape index (κ1) is 9.52. The van der Waals surface area contributed by atoms with Crippen LogP contribution in [0.4, 0.5) is 0 Å². The molecular formula is C11H11O2. The van der Waals surface area contributed by atoms with Gasteiger partial charge in [0.25, 0.3) is 0 Å². The van der Waals surface area contributed by atoms with Crippen LogP contribution >= 0.6 is 0 Å². The fourth-order valence-electron chi connectivity index (χ4n) is 1.06. The van der Waals surface area contributed by atoms with Gasteiger partial charge < -0.3 is 4.74 Å². The van der Waals surface area contributed by atoms with Crippen molar-refractivity contribution >= 4 is 11.9 Å². The second kappa shape index (κ2) is 4.45. The highest BCUT2D eigenvalue weighted by atomic mass is 16.5. The first-order valence-corrected chi connectivity index (χ1v) is 4.00. The average Bonchev–Trinajstić information content (AvgIpc) is 2.21. The van der Waals surface area contributed by atoms with Crippen molar-refractivity contribution in [2.75, 3.05) is 7.11 Å². The van der Waals surface area contributed by atoms with Crippen molar-refractivity contribution in [3.05, 3.63) is 35.9 Å². The second-order valence-electron chi connectivity index (χ2n) is 2.53. The van der Waals surface area contributed by atoms with Gasteiger partial charge in [0.15, 0.2) is 0 Å². The quantitative estimate of drug-likeness (QED) is 0.658. The molecule has 0 fully saturated rings. The van der Waals surface area contributed by atoms with Crippen LogP contribution in [0.5, 0.6) is 5.75 Å². The molecule has 0 spiro atoms. The van der Waals surface area contributed by atoms with E-state index in [0.29, 0.717) is 5.57 Å². The summed E-state index contributed by atoms with van der Waals surface area (Å²) in [6.07, 6.45) is 3.61. The molecule has 0 atom stereocenters. The molecule has 0 aliphatic carbocycles. The molecule has 0 saturated heterocycles. The third-order valence-corrected chi connectivity index (χ3v) is 1.80. The lowest BCUT2D eigenvalue weighted by Crippen LogP contribution is -1.86. The van der Waals surface area contributed by atoms with Crippen LogP contribution in [0.2, 0.25) is 0 Å². The summed E-state index contributed by atoms with van der Waals surface area (Å²) in [7, 11) is 1.61. The number of methoxy groups -OCH3 is 1. The molecule has 0 aromatic heterocycles. The third-order valence-electron chi connectivity index (χ3n) is 1.80. The maximum Gasteiger partial charge on any atom is 0.233 e. The van der Waals surface area contributed by atoms with Crippen molar-refractivity contribution in [1.29, 1.82) is 0 Å². The Morgan fingerprint density at radius 3 is 2.38 bits per heavy atom. The minimum absolute atomic E-state index is 0.572. The summed E-state index contributed by atoms with van der Waals surface area (Å²) in [5.74, 6) is 0.783. The summed E-state index contributed by atoms with van der Waals surface area (Å²) >= 11 is 0. The van der Waals surface area contributed by atoms with Crippen LogP contribution in [0.25, 0.3) is 5.57 Å². The maximum atomic E-state index is 10.5. The molecule has 2 heteroatoms. The summed E-state index contributed by atoms with van der Waals surface area (Å²) in [6, 6.07) is 7.30. The normalized spacial score (nSPS) is 11.1. The molecule has 0 aliphatic rings. The van der Waals surface area contributed by atoms with E-state index in [1.54, 1.807) is 13.2 Å². The van der Waals surface area contributed by atoms with Crippen molar-refractivity contribution in [2.45, 2.75) is 6.92 Å². The SMILES string of the molecule is CC=C([C]=O)c1ccc(OC)cc1. The number of ether oxygens (including phenoxy) is 1. The smallest absolute Gasteiger partial charge is 0.233 e. The molecule has 0 unspecified atom stereocenters. The standard InChI is InChI=1S/C11H11O2/c1-3-9(8-12)10-4-6-11(13-2)7-5-10/h3-7H,1-2H3. The van der Waals surface area contributed by atoms with Crippen molar-refractivity contribution in [2.24, 2.45) is 0 Å². The van der Waals surface area contributed by atoms with E-state index in [9.17, 15) is 4.79 Å². The van der Waals surface area contributed by atoms with Crippen molar-refractivity contribution < 1.29 is 9.53 Å². The summed E-state index contributed by atoms with van der Waals surface area (Å²) < 4.78 is 5.00. The lowest BCUT2D eigenvalue weighted by atomic mass is 10.1. The van der Waals surface area contributed by atoms with Gasteiger partial charge in [0, 0.05) is 5.57 Å². The fraction of sp³-hybridized carbons (Fsp3) is 0.182. The summed E-state index contributed by atoms with van der Waals surface area (Å²) in [5.41, 5.74) is 1.43. The highest BCUT2D eigenvalue weighted by Crippen LogP contribution is 2.16. The van der Waals surface area contributed by atoms with Gasteiger partial charge in [0.05, 0.1) is 7.11 Å². The molecule has 1 aromatic carbocycles. The number of hydrogen-bond donors (Lipinski definition) is 0. The van der Waals surface area contributed by atoms with E-state index in [1.165, 1.54) is 0 Å². The molecule has 13 heavy (non-hydrogen) atoms. The van der Waals surface area contributed by atoms with Gasteiger partial charge in [-0.1, -0.05) is 18.2 Å². The fourth-order valence-corrected chi connectivity index (χ4v) is 1.06. The number of carbonyl (C=O) groups excluding carboxylic acids is 1. The second-order valence-corrected chi connectivity index (χ2v) is 2.53. The highest BCUT2D eigenvalue weighted by Gasteiger charge is 1.99. The molecule has 67 valence electrons. The molecule has 1 aromatic rings. The van der Waals surface area contributed by atoms with E-state index in [4.69, 9.17) is 4.74 Å². The minimum atomic E-state index is 0.572. The zero-order valence-corrected chi connectivity index (χ0v) is 7.70. The number of rotatable bonds is 3. The minimum Gasteiger partial charge on any atom is -0.497 e. The predicted molar refractivity (Wildman–Crippen MR) is 52.3 cm³/mol. The Hall–Kier alpha value is -1.57. The molecule has 0 heterocycles. The summed E-state index contributed by atoms with van der Waals surface area (Å²) in [6.45, 7) is 1.81. The van der Waals surface area contributed by atoms with Crippen molar-refractivity contribution in [1.82, 2.24) is 0 Å². The van der Waals surface area contributed by atoms with Gasteiger partial charge in [0.2, 0.25) is 6.29 Å². The number of benzene rings is 1. The van der Waals surface area contributed by atoms with Gasteiger partial charge in [-0.05, 0) is 24.6 Å². The van der Waals surface area contributed by atoms with Gasteiger partial charge in [-0.25, -0.2) is 0 Å². The Balaban J connectivity index is 2.97. The molecule has 0 bridgehead atoms. The van der Waals surface area contributed by atoms with E-state index in [2.05, 4.69) is 0 Å². The molecule has 0 aliphatic heterocycles. The van der Waals surface area contributed by atoms with Crippen LogP contribution in [0.3, 0.4) is 0 Å². The Kier molecular flexibility index (Phi) is 3.26. The van der Waals surface area contributed by atoms with Crippen molar-refractivity contribution in [3.63, 3.8) is 0 Å². The highest BCUT2D eigenvalue weighted by molar-refractivity contribution is 6.07. The van der Waals surface area contributed by atoms with Crippen LogP contribution in [0.15, 0.2) is 30.3 Å². The van der Waals surface area contributed by atoms with Gasteiger partial charge in [-0.3, -0.25) is 4.79 Å². The van der Waals surface area contributed by atoms with Crippen LogP contribution in [-0.4, -0.2) is 13.4 Å². The maximum absolute atomic E-state index is 10.5. The summed E-state index contributed by atoms with van der Waals surface area (Å²) in [4.78, 5) is 10.5. The lowest BCUT2D eigenvalue weighted by molar-refractivity contribution is 0.415. The molecule has 0 amide bonds. The lowest BCUT2D eigenvalue weighted by Gasteiger charge is -2.01. The van der Waals surface area contributed by atoms with Gasteiger partial charge in [-0.2, -0.15) is 0 Å². The van der Waals surface area contributed by atoms with E-state index < -0.39 is 0 Å². The van der Waals surface area contributed by atoms with E-state index >= 15 is 0 Å². The molecule has 0 N–H and O–H groups in total. The molecular weight excluding hydrogens is 164 g/mol. The summed E-state index contributed by atoms with van der Waals surface area (Å²) in [5, 5.41) is 0. The van der Waals surface area contributed by atoms with E-state index in [1.807, 2.05) is 37.5 Å². The van der Waals surface area contributed by atoms with Crippen molar-refractivity contribution in [3.8, 4) is 5.75 Å². The zero-order valence-electron chi connectivity index (χ0n) is 7.70. The molecule has 1 rings (SSSR count). The molecule has 2 nitrogen and oxygen atoms in total. The van der Waals surface area contributed by atoms with E-state index in [0.717, 1.165) is 11.3 Å². The Labute approximate surface area is 77.8 Å². The third kappa shape index (κ3) is 2.18. The van der Waals surface area contributed by atoms with Crippen LogP contribution in [-0.2, 0) is 4.79 Å². The number of allylic oxidation sites excluding steroid dienone is 2. The largest absolute Gasteiger partial charge is 0.497 e. The van der Waals surface area contributed by atoms with Gasteiger partial charge in [-0.15, -0.1) is 0 Å². The Morgan fingerprint density at radius 2 is 2.00 bits per heavy atom. The Bertz CT molecular complexity index is 309. The Morgan fingerprint density at radius 1 is 1.38 bits per heavy atom. The van der Waals surface area contributed by atoms with Gasteiger partial charge >= 0.3 is 0 Å².